The Labute approximate surface area is 562 Å². The van der Waals surface area contributed by atoms with Crippen LogP contribution in [-0.2, 0) is 65.4 Å². The summed E-state index contributed by atoms with van der Waals surface area (Å²) in [7, 11) is -9.90. The summed E-state index contributed by atoms with van der Waals surface area (Å²) in [5.74, 6) is -1.44. The molecule has 2 unspecified atom stereocenters. The highest BCUT2D eigenvalue weighted by atomic mass is 31.2. The predicted octanol–water partition coefficient (Wildman–Crippen LogP) is 21.3. The Bertz CT molecular complexity index is 1770. The monoisotopic (exact) mass is 1350 g/mol. The third kappa shape index (κ3) is 66.7. The number of unbranched alkanes of at least 4 members (excludes halogenated alkanes) is 45. The van der Waals surface area contributed by atoms with Crippen molar-refractivity contribution in [3.05, 3.63) is 0 Å². The topological polar surface area (TPSA) is 237 Å². The lowest BCUT2D eigenvalue weighted by atomic mass is 10.0. The molecule has 0 radical (unpaired) electrons. The van der Waals surface area contributed by atoms with Crippen LogP contribution in [0.15, 0.2) is 0 Å². The van der Waals surface area contributed by atoms with E-state index >= 15 is 0 Å². The predicted molar refractivity (Wildman–Crippen MR) is 372 cm³/mol. The van der Waals surface area contributed by atoms with Gasteiger partial charge in [0, 0.05) is 25.7 Å². The Hall–Kier alpha value is -1.94. The van der Waals surface area contributed by atoms with Crippen molar-refractivity contribution >= 4 is 39.5 Å². The summed E-state index contributed by atoms with van der Waals surface area (Å²) in [5.41, 5.74) is 0. The summed E-state index contributed by atoms with van der Waals surface area (Å²) < 4.78 is 68.3. The fourth-order valence-corrected chi connectivity index (χ4v) is 12.8. The zero-order valence-corrected chi connectivity index (χ0v) is 61.5. The van der Waals surface area contributed by atoms with Crippen LogP contribution in [-0.4, -0.2) is 96.7 Å². The molecular weight excluding hydrogens is 1210 g/mol. The second-order valence-electron chi connectivity index (χ2n) is 26.8. The third-order valence-corrected chi connectivity index (χ3v) is 18.9. The van der Waals surface area contributed by atoms with E-state index in [1.165, 1.54) is 199 Å². The van der Waals surface area contributed by atoms with E-state index in [4.69, 9.17) is 37.0 Å². The van der Waals surface area contributed by atoms with Gasteiger partial charge in [0.05, 0.1) is 26.4 Å². The van der Waals surface area contributed by atoms with E-state index < -0.39 is 97.5 Å². The van der Waals surface area contributed by atoms with E-state index in [0.717, 1.165) is 96.3 Å². The average Bonchev–Trinajstić information content (AvgIpc) is 3.69. The zero-order chi connectivity index (χ0) is 67.7. The highest BCUT2D eigenvalue weighted by Gasteiger charge is 2.30. The Balaban J connectivity index is 5.20. The fourth-order valence-electron chi connectivity index (χ4n) is 11.2. The van der Waals surface area contributed by atoms with E-state index in [1.807, 2.05) is 0 Å². The number of phosphoric ester groups is 2. The van der Waals surface area contributed by atoms with Gasteiger partial charge in [0.15, 0.2) is 12.2 Å². The summed E-state index contributed by atoms with van der Waals surface area (Å²) in [6.45, 7) is 7.18. The lowest BCUT2D eigenvalue weighted by Crippen LogP contribution is -2.30. The highest BCUT2D eigenvalue weighted by Crippen LogP contribution is 2.45. The van der Waals surface area contributed by atoms with Gasteiger partial charge in [-0.25, -0.2) is 9.13 Å². The van der Waals surface area contributed by atoms with Crippen molar-refractivity contribution in [1.29, 1.82) is 0 Å². The van der Waals surface area contributed by atoms with Gasteiger partial charge in [-0.2, -0.15) is 0 Å². The highest BCUT2D eigenvalue weighted by molar-refractivity contribution is 7.47. The number of phosphoric acid groups is 2. The van der Waals surface area contributed by atoms with Crippen LogP contribution in [0.2, 0.25) is 0 Å². The quantitative estimate of drug-likeness (QED) is 0.0222. The Morgan fingerprint density at radius 1 is 0.293 bits per heavy atom. The van der Waals surface area contributed by atoms with Gasteiger partial charge >= 0.3 is 39.5 Å². The second-order valence-corrected chi connectivity index (χ2v) is 29.7. The van der Waals surface area contributed by atoms with Crippen LogP contribution < -0.4 is 0 Å². The molecule has 0 fully saturated rings. The lowest BCUT2D eigenvalue weighted by molar-refractivity contribution is -0.161. The van der Waals surface area contributed by atoms with E-state index in [2.05, 4.69) is 34.6 Å². The molecule has 0 bridgehead atoms. The van der Waals surface area contributed by atoms with Crippen LogP contribution in [0, 0.1) is 5.92 Å². The average molecular weight is 1350 g/mol. The van der Waals surface area contributed by atoms with Crippen molar-refractivity contribution in [3.8, 4) is 0 Å². The van der Waals surface area contributed by atoms with E-state index in [1.54, 1.807) is 0 Å². The molecule has 3 N–H and O–H groups in total. The van der Waals surface area contributed by atoms with Gasteiger partial charge in [-0.1, -0.05) is 330 Å². The Kier molecular flexibility index (Phi) is 64.9. The Morgan fingerprint density at radius 2 is 0.500 bits per heavy atom. The minimum atomic E-state index is -4.95. The molecule has 0 aliphatic heterocycles. The molecular formula is C73H142O17P2. The minimum Gasteiger partial charge on any atom is -0.462 e. The molecule has 0 saturated heterocycles. The Morgan fingerprint density at radius 3 is 0.739 bits per heavy atom. The molecule has 5 atom stereocenters. The van der Waals surface area contributed by atoms with Crippen molar-refractivity contribution in [2.75, 3.05) is 39.6 Å². The molecule has 0 spiro atoms. The number of hydrogen-bond acceptors (Lipinski definition) is 15. The van der Waals surface area contributed by atoms with Crippen LogP contribution in [0.4, 0.5) is 0 Å². The number of aliphatic hydroxyl groups is 1. The molecule has 0 heterocycles. The van der Waals surface area contributed by atoms with Crippen molar-refractivity contribution in [2.24, 2.45) is 5.92 Å². The molecule has 546 valence electrons. The maximum absolute atomic E-state index is 13.1. The first kappa shape index (κ1) is 90.1. The molecule has 0 rings (SSSR count). The molecule has 0 aromatic heterocycles. The summed E-state index contributed by atoms with van der Waals surface area (Å²) in [5, 5.41) is 10.6. The van der Waals surface area contributed by atoms with Crippen molar-refractivity contribution in [2.45, 2.75) is 400 Å². The summed E-state index contributed by atoms with van der Waals surface area (Å²) in [6, 6.07) is 0. The van der Waals surface area contributed by atoms with Crippen LogP contribution in [0.5, 0.6) is 0 Å². The first-order chi connectivity index (χ1) is 44.5. The fraction of sp³-hybridized carbons (Fsp3) is 0.945. The summed E-state index contributed by atoms with van der Waals surface area (Å²) in [6.07, 6.45) is 54.2. The number of carbonyl (C=O) groups excluding carboxylic acids is 4. The first-order valence-electron chi connectivity index (χ1n) is 38.1. The number of rotatable bonds is 73. The van der Waals surface area contributed by atoms with Gasteiger partial charge in [0.1, 0.15) is 19.3 Å². The van der Waals surface area contributed by atoms with Gasteiger partial charge in [-0.15, -0.1) is 0 Å². The largest absolute Gasteiger partial charge is 0.472 e. The number of aliphatic hydroxyl groups excluding tert-OH is 1. The number of carbonyl (C=O) groups is 4. The smallest absolute Gasteiger partial charge is 0.462 e. The third-order valence-electron chi connectivity index (χ3n) is 17.0. The normalized spacial score (nSPS) is 14.0. The number of ether oxygens (including phenoxy) is 4. The molecule has 19 heteroatoms. The van der Waals surface area contributed by atoms with Crippen molar-refractivity contribution < 1.29 is 80.2 Å². The first-order valence-corrected chi connectivity index (χ1v) is 41.1. The van der Waals surface area contributed by atoms with Crippen LogP contribution in [0.1, 0.15) is 381 Å². The molecule has 17 nitrogen and oxygen atoms in total. The van der Waals surface area contributed by atoms with Gasteiger partial charge in [0.25, 0.3) is 0 Å². The summed E-state index contributed by atoms with van der Waals surface area (Å²) in [4.78, 5) is 72.6. The summed E-state index contributed by atoms with van der Waals surface area (Å²) >= 11 is 0. The molecule has 0 aliphatic rings. The molecule has 0 aromatic rings. The van der Waals surface area contributed by atoms with Crippen molar-refractivity contribution in [3.63, 3.8) is 0 Å². The van der Waals surface area contributed by atoms with Crippen LogP contribution in [0.25, 0.3) is 0 Å². The van der Waals surface area contributed by atoms with E-state index in [0.29, 0.717) is 31.6 Å². The maximum Gasteiger partial charge on any atom is 0.472 e. The molecule has 0 amide bonds. The number of esters is 4. The molecule has 0 aromatic carbocycles. The van der Waals surface area contributed by atoms with Gasteiger partial charge in [-0.05, 0) is 31.6 Å². The van der Waals surface area contributed by atoms with Crippen LogP contribution >= 0.6 is 15.6 Å². The standard InChI is InChI=1S/C73H142O17P2/c1-6-9-12-15-18-21-24-26-27-28-29-30-31-33-36-39-42-49-54-59-73(78)89-68(62-83-70(75)56-51-46-40-37-35-32-25-22-19-16-13-10-7-2)64-87-91(79,80)85-60-67(74)61-86-92(81,82)88-65-69(63-84-71(76)57-52-47-44-43-45-50-55-66(4)5)90-72(77)58-53-48-41-38-34-23-20-17-14-11-8-3/h66-69,74H,6-65H2,1-5H3,(H,79,80)(H,81,82)/t67-,68-,69-/m1/s1. The minimum absolute atomic E-state index is 0.106. The second kappa shape index (κ2) is 66.3. The van der Waals surface area contributed by atoms with Crippen molar-refractivity contribution in [1.82, 2.24) is 0 Å². The van der Waals surface area contributed by atoms with E-state index in [9.17, 15) is 43.2 Å². The van der Waals surface area contributed by atoms with E-state index in [-0.39, 0.29) is 25.7 Å². The SMILES string of the molecule is CCCCCCCCCCCCCCCCCCCCCC(=O)O[C@H](COC(=O)CCCCCCCCCCCCCCC)COP(=O)(O)OC[C@@H](O)COP(=O)(O)OC[C@@H](COC(=O)CCCCCCCCC(C)C)OC(=O)CCCCCCCCCCCCC. The maximum atomic E-state index is 13.1. The lowest BCUT2D eigenvalue weighted by Gasteiger charge is -2.21. The molecule has 92 heavy (non-hydrogen) atoms. The number of hydrogen-bond donors (Lipinski definition) is 3. The van der Waals surface area contributed by atoms with Gasteiger partial charge < -0.3 is 33.8 Å². The molecule has 0 aliphatic carbocycles. The molecule has 0 saturated carbocycles. The zero-order valence-electron chi connectivity index (χ0n) is 59.7. The van der Waals surface area contributed by atoms with Gasteiger partial charge in [-0.3, -0.25) is 37.3 Å². The van der Waals surface area contributed by atoms with Gasteiger partial charge in [0.2, 0.25) is 0 Å². The van der Waals surface area contributed by atoms with Crippen LogP contribution in [0.3, 0.4) is 0 Å².